The molecule has 1 unspecified atom stereocenters. The van der Waals surface area contributed by atoms with Crippen LogP contribution in [-0.2, 0) is 12.6 Å². The van der Waals surface area contributed by atoms with E-state index in [-0.39, 0.29) is 11.8 Å². The highest BCUT2D eigenvalue weighted by atomic mass is 19.4. The topological polar surface area (TPSA) is 46.3 Å². The van der Waals surface area contributed by atoms with Crippen LogP contribution in [0.5, 0.6) is 0 Å². The van der Waals surface area contributed by atoms with Crippen molar-refractivity contribution >= 4 is 11.6 Å². The SMILES string of the molecule is CC1c2ccccc2CCN1c1cc(C(F)(F)F)nc2ncnn12. The number of aromatic nitrogens is 4. The lowest BCUT2D eigenvalue weighted by molar-refractivity contribution is -0.141. The summed E-state index contributed by atoms with van der Waals surface area (Å²) in [5, 5.41) is 4.04. The molecule has 1 aromatic carbocycles. The van der Waals surface area contributed by atoms with E-state index in [4.69, 9.17) is 0 Å². The molecular weight excluding hydrogens is 319 g/mol. The number of halogens is 3. The van der Waals surface area contributed by atoms with Crippen LogP contribution < -0.4 is 4.90 Å². The second-order valence-corrected chi connectivity index (χ2v) is 5.79. The highest BCUT2D eigenvalue weighted by molar-refractivity contribution is 5.52. The van der Waals surface area contributed by atoms with Crippen molar-refractivity contribution in [3.8, 4) is 0 Å². The summed E-state index contributed by atoms with van der Waals surface area (Å²) < 4.78 is 40.9. The second-order valence-electron chi connectivity index (χ2n) is 5.79. The van der Waals surface area contributed by atoms with Gasteiger partial charge in [0.1, 0.15) is 12.1 Å². The molecule has 0 aliphatic carbocycles. The van der Waals surface area contributed by atoms with Gasteiger partial charge < -0.3 is 4.90 Å². The predicted octanol–water partition coefficient (Wildman–Crippen LogP) is 3.27. The number of hydrogen-bond donors (Lipinski definition) is 0. The molecule has 0 fully saturated rings. The molecule has 0 spiro atoms. The van der Waals surface area contributed by atoms with Gasteiger partial charge in [-0.1, -0.05) is 24.3 Å². The maximum Gasteiger partial charge on any atom is 0.433 e. The van der Waals surface area contributed by atoms with Crippen molar-refractivity contribution in [1.29, 1.82) is 0 Å². The first kappa shape index (κ1) is 14.9. The zero-order valence-corrected chi connectivity index (χ0v) is 12.8. The van der Waals surface area contributed by atoms with Crippen LogP contribution in [0.4, 0.5) is 19.0 Å². The Hall–Kier alpha value is -2.64. The van der Waals surface area contributed by atoms with Gasteiger partial charge in [0.2, 0.25) is 0 Å². The van der Waals surface area contributed by atoms with Gasteiger partial charge in [0, 0.05) is 12.6 Å². The minimum absolute atomic E-state index is 0.0501. The van der Waals surface area contributed by atoms with Crippen molar-refractivity contribution in [3.63, 3.8) is 0 Å². The van der Waals surface area contributed by atoms with Crippen molar-refractivity contribution in [2.45, 2.75) is 25.6 Å². The molecule has 3 heterocycles. The van der Waals surface area contributed by atoms with E-state index in [9.17, 15) is 13.2 Å². The quantitative estimate of drug-likeness (QED) is 0.686. The Balaban J connectivity index is 1.86. The maximum atomic E-state index is 13.2. The first-order valence-electron chi connectivity index (χ1n) is 7.57. The molecule has 1 atom stereocenters. The van der Waals surface area contributed by atoms with Gasteiger partial charge in [-0.2, -0.15) is 27.8 Å². The Kier molecular flexibility index (Phi) is 3.22. The molecule has 0 bridgehead atoms. The zero-order valence-electron chi connectivity index (χ0n) is 12.8. The Labute approximate surface area is 135 Å². The number of rotatable bonds is 1. The third-order valence-corrected chi connectivity index (χ3v) is 4.41. The molecule has 4 rings (SSSR count). The van der Waals surface area contributed by atoms with Gasteiger partial charge in [-0.15, -0.1) is 0 Å². The Morgan fingerprint density at radius 2 is 2.00 bits per heavy atom. The van der Waals surface area contributed by atoms with E-state index in [2.05, 4.69) is 21.1 Å². The lowest BCUT2D eigenvalue weighted by Crippen LogP contribution is -2.35. The third kappa shape index (κ3) is 2.29. The number of nitrogens with zero attached hydrogens (tertiary/aromatic N) is 5. The summed E-state index contributed by atoms with van der Waals surface area (Å²) in [5.74, 6) is 0.303. The molecule has 1 aliphatic rings. The van der Waals surface area contributed by atoms with Gasteiger partial charge in [-0.25, -0.2) is 4.98 Å². The Morgan fingerprint density at radius 1 is 1.21 bits per heavy atom. The minimum atomic E-state index is -4.53. The summed E-state index contributed by atoms with van der Waals surface area (Å²) in [6.07, 6.45) is -2.55. The highest BCUT2D eigenvalue weighted by Gasteiger charge is 2.35. The fourth-order valence-electron chi connectivity index (χ4n) is 3.23. The molecule has 0 radical (unpaired) electrons. The Morgan fingerprint density at radius 3 is 2.79 bits per heavy atom. The minimum Gasteiger partial charge on any atom is -0.349 e. The van der Waals surface area contributed by atoms with Crippen LogP contribution >= 0.6 is 0 Å². The molecule has 124 valence electrons. The van der Waals surface area contributed by atoms with Gasteiger partial charge in [-0.3, -0.25) is 0 Å². The second kappa shape index (κ2) is 5.19. The molecule has 5 nitrogen and oxygen atoms in total. The number of fused-ring (bicyclic) bond motifs is 2. The first-order valence-corrected chi connectivity index (χ1v) is 7.57. The molecule has 0 saturated carbocycles. The van der Waals surface area contributed by atoms with Gasteiger partial charge in [0.25, 0.3) is 5.78 Å². The molecule has 8 heteroatoms. The lowest BCUT2D eigenvalue weighted by atomic mass is 9.93. The molecule has 0 saturated heterocycles. The van der Waals surface area contributed by atoms with Crippen molar-refractivity contribution in [3.05, 3.63) is 53.5 Å². The summed E-state index contributed by atoms with van der Waals surface area (Å²) in [6.45, 7) is 2.59. The van der Waals surface area contributed by atoms with E-state index in [0.29, 0.717) is 12.4 Å². The molecular formula is C16H14F3N5. The number of alkyl halides is 3. The van der Waals surface area contributed by atoms with Crippen LogP contribution in [0.1, 0.15) is 29.8 Å². The number of anilines is 1. The van der Waals surface area contributed by atoms with Gasteiger partial charge in [0.05, 0.1) is 6.04 Å². The van der Waals surface area contributed by atoms with Gasteiger partial charge >= 0.3 is 6.18 Å². The van der Waals surface area contributed by atoms with Crippen molar-refractivity contribution < 1.29 is 13.2 Å². The van der Waals surface area contributed by atoms with Crippen LogP contribution in [0.25, 0.3) is 5.78 Å². The zero-order chi connectivity index (χ0) is 16.9. The highest BCUT2D eigenvalue weighted by Crippen LogP contribution is 2.36. The van der Waals surface area contributed by atoms with Crippen LogP contribution in [0.3, 0.4) is 0 Å². The van der Waals surface area contributed by atoms with E-state index in [1.807, 2.05) is 30.0 Å². The van der Waals surface area contributed by atoms with Crippen molar-refractivity contribution in [1.82, 2.24) is 19.6 Å². The smallest absolute Gasteiger partial charge is 0.349 e. The molecule has 24 heavy (non-hydrogen) atoms. The fraction of sp³-hybridized carbons (Fsp3) is 0.312. The average molecular weight is 333 g/mol. The van der Waals surface area contributed by atoms with E-state index >= 15 is 0 Å². The van der Waals surface area contributed by atoms with Crippen molar-refractivity contribution in [2.75, 3.05) is 11.4 Å². The summed E-state index contributed by atoms with van der Waals surface area (Å²) in [6, 6.07) is 8.97. The number of hydrogen-bond acceptors (Lipinski definition) is 4. The van der Waals surface area contributed by atoms with E-state index in [1.165, 1.54) is 16.4 Å². The largest absolute Gasteiger partial charge is 0.433 e. The van der Waals surface area contributed by atoms with E-state index in [0.717, 1.165) is 18.1 Å². The van der Waals surface area contributed by atoms with E-state index in [1.54, 1.807) is 0 Å². The lowest BCUT2D eigenvalue weighted by Gasteiger charge is -2.36. The van der Waals surface area contributed by atoms with Crippen LogP contribution in [0, 0.1) is 0 Å². The fourth-order valence-corrected chi connectivity index (χ4v) is 3.23. The molecule has 1 aliphatic heterocycles. The standard InChI is InChI=1S/C16H14F3N5/c1-10-12-5-3-2-4-11(12)6-7-23(10)14-8-13(16(17,18)19)22-15-20-9-21-24(14)15/h2-5,8-10H,6-7H2,1H3. The normalized spacial score (nSPS) is 18.0. The van der Waals surface area contributed by atoms with Crippen molar-refractivity contribution in [2.24, 2.45) is 0 Å². The van der Waals surface area contributed by atoms with Gasteiger partial charge in [-0.05, 0) is 24.5 Å². The Bertz CT molecular complexity index is 902. The molecule has 2 aromatic heterocycles. The maximum absolute atomic E-state index is 13.2. The molecule has 3 aromatic rings. The van der Waals surface area contributed by atoms with Crippen LogP contribution in [0.2, 0.25) is 0 Å². The van der Waals surface area contributed by atoms with Crippen LogP contribution in [-0.4, -0.2) is 26.1 Å². The monoisotopic (exact) mass is 333 g/mol. The summed E-state index contributed by atoms with van der Waals surface area (Å²) in [5.41, 5.74) is 1.38. The predicted molar refractivity (Wildman–Crippen MR) is 81.7 cm³/mol. The summed E-state index contributed by atoms with van der Waals surface area (Å²) in [7, 11) is 0. The van der Waals surface area contributed by atoms with Crippen LogP contribution in [0.15, 0.2) is 36.7 Å². The first-order chi connectivity index (χ1) is 11.4. The molecule has 0 amide bonds. The number of benzene rings is 1. The molecule has 0 N–H and O–H groups in total. The summed E-state index contributed by atoms with van der Waals surface area (Å²) >= 11 is 0. The average Bonchev–Trinajstić information content (AvgIpc) is 3.02. The third-order valence-electron chi connectivity index (χ3n) is 4.41. The van der Waals surface area contributed by atoms with Gasteiger partial charge in [0.15, 0.2) is 5.69 Å². The summed E-state index contributed by atoms with van der Waals surface area (Å²) in [4.78, 5) is 9.32. The van der Waals surface area contributed by atoms with E-state index < -0.39 is 11.9 Å².